The predicted octanol–water partition coefficient (Wildman–Crippen LogP) is 4.82. The van der Waals surface area contributed by atoms with Crippen molar-refractivity contribution in [1.82, 2.24) is 0 Å². The summed E-state index contributed by atoms with van der Waals surface area (Å²) in [6.45, 7) is 6.12. The molecule has 1 aliphatic rings. The van der Waals surface area contributed by atoms with E-state index in [2.05, 4.69) is 31.2 Å². The number of Topliss-reactive ketones (excluding diaryl/α,β-unsaturated/α-hetero) is 1. The van der Waals surface area contributed by atoms with Crippen molar-refractivity contribution in [1.29, 1.82) is 0 Å². The van der Waals surface area contributed by atoms with E-state index in [1.807, 2.05) is 32.0 Å². The number of benzene rings is 2. The van der Waals surface area contributed by atoms with Crippen LogP contribution < -0.4 is 0 Å². The van der Waals surface area contributed by atoms with E-state index in [0.29, 0.717) is 6.42 Å². The highest BCUT2D eigenvalue weighted by atomic mass is 16.1. The van der Waals surface area contributed by atoms with E-state index in [4.69, 9.17) is 0 Å². The molecule has 2 aromatic rings. The number of hydrogen-bond donors (Lipinski definition) is 0. The van der Waals surface area contributed by atoms with E-state index >= 15 is 0 Å². The fourth-order valence-electron chi connectivity index (χ4n) is 2.55. The minimum absolute atomic E-state index is 0.289. The molecular weight excluding hydrogens is 232 g/mol. The average molecular weight is 252 g/mol. The molecule has 0 fully saturated rings. The summed E-state index contributed by atoms with van der Waals surface area (Å²) in [5.74, 6) is 0.289. The van der Waals surface area contributed by atoms with Crippen molar-refractivity contribution >= 4 is 5.78 Å². The first-order chi connectivity index (χ1) is 9.25. The number of rotatable bonds is 1. The molecular formula is C18H20O. The molecule has 3 rings (SSSR count). The topological polar surface area (TPSA) is 17.1 Å². The van der Waals surface area contributed by atoms with E-state index in [1.165, 1.54) is 22.3 Å². The molecule has 0 aromatic heterocycles. The molecule has 1 nitrogen and oxygen atoms in total. The Bertz CT molecular complexity index is 582. The number of hydrogen-bond acceptors (Lipinski definition) is 1. The van der Waals surface area contributed by atoms with Crippen LogP contribution >= 0.6 is 0 Å². The second-order valence-corrected chi connectivity index (χ2v) is 4.61. The third kappa shape index (κ3) is 2.60. The molecule has 0 amide bonds. The number of aryl methyl sites for hydroxylation is 2. The van der Waals surface area contributed by atoms with Crippen LogP contribution in [-0.2, 0) is 6.42 Å². The molecule has 0 unspecified atom stereocenters. The maximum atomic E-state index is 11.8. The SMILES string of the molecule is CC.Cc1cc2c(cc1-c1ccccc1)C(=O)CC2. The summed E-state index contributed by atoms with van der Waals surface area (Å²) in [6.07, 6.45) is 1.58. The van der Waals surface area contributed by atoms with Crippen LogP contribution in [0.4, 0.5) is 0 Å². The minimum Gasteiger partial charge on any atom is -0.294 e. The molecule has 0 atom stereocenters. The molecule has 0 heterocycles. The predicted molar refractivity (Wildman–Crippen MR) is 80.6 cm³/mol. The van der Waals surface area contributed by atoms with Gasteiger partial charge in [-0.1, -0.05) is 50.2 Å². The number of carbonyl (C=O) groups is 1. The lowest BCUT2D eigenvalue weighted by molar-refractivity contribution is 0.0994. The van der Waals surface area contributed by atoms with E-state index < -0.39 is 0 Å². The fraction of sp³-hybridized carbons (Fsp3) is 0.278. The number of fused-ring (bicyclic) bond motifs is 1. The molecule has 0 aliphatic heterocycles. The summed E-state index contributed by atoms with van der Waals surface area (Å²) in [4.78, 5) is 11.8. The standard InChI is InChI=1S/C16H14O.C2H6/c1-11-9-13-7-8-16(17)15(13)10-14(11)12-5-3-2-4-6-12;1-2/h2-6,9-10H,7-8H2,1H3;1-2H3. The van der Waals surface area contributed by atoms with Crippen molar-refractivity contribution in [2.45, 2.75) is 33.6 Å². The third-order valence-corrected chi connectivity index (χ3v) is 3.46. The lowest BCUT2D eigenvalue weighted by Crippen LogP contribution is -1.94. The Labute approximate surface area is 115 Å². The van der Waals surface area contributed by atoms with Crippen molar-refractivity contribution in [2.75, 3.05) is 0 Å². The monoisotopic (exact) mass is 252 g/mol. The van der Waals surface area contributed by atoms with Crippen LogP contribution in [0.25, 0.3) is 11.1 Å². The van der Waals surface area contributed by atoms with Gasteiger partial charge in [0, 0.05) is 12.0 Å². The van der Waals surface area contributed by atoms with Crippen molar-refractivity contribution in [2.24, 2.45) is 0 Å². The molecule has 0 saturated heterocycles. The second-order valence-electron chi connectivity index (χ2n) is 4.61. The summed E-state index contributed by atoms with van der Waals surface area (Å²) < 4.78 is 0. The fourth-order valence-corrected chi connectivity index (χ4v) is 2.55. The van der Waals surface area contributed by atoms with Gasteiger partial charge in [0.1, 0.15) is 0 Å². The van der Waals surface area contributed by atoms with Crippen LogP contribution in [0.15, 0.2) is 42.5 Å². The van der Waals surface area contributed by atoms with Gasteiger partial charge in [0.2, 0.25) is 0 Å². The van der Waals surface area contributed by atoms with Gasteiger partial charge in [-0.05, 0) is 41.7 Å². The molecule has 0 bridgehead atoms. The van der Waals surface area contributed by atoms with Gasteiger partial charge >= 0.3 is 0 Å². The maximum Gasteiger partial charge on any atom is 0.163 e. The first-order valence-electron chi connectivity index (χ1n) is 6.98. The molecule has 0 spiro atoms. The highest BCUT2D eigenvalue weighted by molar-refractivity contribution is 6.01. The lowest BCUT2D eigenvalue weighted by Gasteiger charge is -2.09. The van der Waals surface area contributed by atoms with Gasteiger partial charge in [0.15, 0.2) is 5.78 Å². The first kappa shape index (κ1) is 13.5. The zero-order chi connectivity index (χ0) is 13.8. The molecule has 1 heteroatoms. The van der Waals surface area contributed by atoms with Gasteiger partial charge in [0.05, 0.1) is 0 Å². The zero-order valence-electron chi connectivity index (χ0n) is 11.9. The summed E-state index contributed by atoms with van der Waals surface area (Å²) in [5.41, 5.74) is 5.76. The number of ketones is 1. The van der Waals surface area contributed by atoms with Crippen molar-refractivity contribution in [3.05, 3.63) is 59.2 Å². The van der Waals surface area contributed by atoms with Crippen LogP contribution in [0.2, 0.25) is 0 Å². The summed E-state index contributed by atoms with van der Waals surface area (Å²) in [6, 6.07) is 14.5. The lowest BCUT2D eigenvalue weighted by atomic mass is 9.95. The maximum absolute atomic E-state index is 11.8. The first-order valence-corrected chi connectivity index (χ1v) is 6.98. The van der Waals surface area contributed by atoms with Crippen LogP contribution in [0, 0.1) is 6.92 Å². The Balaban J connectivity index is 0.000000637. The Morgan fingerprint density at radius 2 is 1.58 bits per heavy atom. The van der Waals surface area contributed by atoms with Crippen LogP contribution in [0.5, 0.6) is 0 Å². The third-order valence-electron chi connectivity index (χ3n) is 3.46. The van der Waals surface area contributed by atoms with E-state index in [0.717, 1.165) is 12.0 Å². The highest BCUT2D eigenvalue weighted by Crippen LogP contribution is 2.31. The van der Waals surface area contributed by atoms with E-state index in [-0.39, 0.29) is 5.78 Å². The second kappa shape index (κ2) is 5.83. The minimum atomic E-state index is 0.289. The van der Waals surface area contributed by atoms with Gasteiger partial charge in [-0.3, -0.25) is 4.79 Å². The smallest absolute Gasteiger partial charge is 0.163 e. The van der Waals surface area contributed by atoms with Gasteiger partial charge < -0.3 is 0 Å². The van der Waals surface area contributed by atoms with Gasteiger partial charge in [-0.2, -0.15) is 0 Å². The molecule has 0 radical (unpaired) electrons. The van der Waals surface area contributed by atoms with Gasteiger partial charge in [0.25, 0.3) is 0 Å². The Hall–Kier alpha value is -1.89. The summed E-state index contributed by atoms with van der Waals surface area (Å²) >= 11 is 0. The molecule has 19 heavy (non-hydrogen) atoms. The van der Waals surface area contributed by atoms with E-state index in [1.54, 1.807) is 0 Å². The summed E-state index contributed by atoms with van der Waals surface area (Å²) in [7, 11) is 0. The molecule has 98 valence electrons. The highest BCUT2D eigenvalue weighted by Gasteiger charge is 2.20. The normalized spacial score (nSPS) is 12.7. The van der Waals surface area contributed by atoms with Gasteiger partial charge in [-0.15, -0.1) is 0 Å². The zero-order valence-corrected chi connectivity index (χ0v) is 11.9. The molecule has 1 aliphatic carbocycles. The van der Waals surface area contributed by atoms with Gasteiger partial charge in [-0.25, -0.2) is 0 Å². The quantitative estimate of drug-likeness (QED) is 0.711. The molecule has 0 N–H and O–H groups in total. The average Bonchev–Trinajstić information content (AvgIpc) is 2.82. The van der Waals surface area contributed by atoms with E-state index in [9.17, 15) is 4.79 Å². The largest absolute Gasteiger partial charge is 0.294 e. The summed E-state index contributed by atoms with van der Waals surface area (Å²) in [5, 5.41) is 0. The van der Waals surface area contributed by atoms with Crippen molar-refractivity contribution in [3.8, 4) is 11.1 Å². The van der Waals surface area contributed by atoms with Crippen molar-refractivity contribution in [3.63, 3.8) is 0 Å². The Kier molecular flexibility index (Phi) is 4.16. The van der Waals surface area contributed by atoms with Crippen LogP contribution in [0.1, 0.15) is 41.8 Å². The Morgan fingerprint density at radius 3 is 2.26 bits per heavy atom. The molecule has 0 saturated carbocycles. The van der Waals surface area contributed by atoms with Crippen molar-refractivity contribution < 1.29 is 4.79 Å². The number of carbonyl (C=O) groups excluding carboxylic acids is 1. The molecule has 2 aromatic carbocycles. The Morgan fingerprint density at radius 1 is 0.895 bits per heavy atom. The van der Waals surface area contributed by atoms with Crippen LogP contribution in [0.3, 0.4) is 0 Å². The van der Waals surface area contributed by atoms with Crippen LogP contribution in [-0.4, -0.2) is 5.78 Å².